The topological polar surface area (TPSA) is 33.5 Å². The van der Waals surface area contributed by atoms with Gasteiger partial charge in [-0.3, -0.25) is 4.57 Å². The van der Waals surface area contributed by atoms with E-state index in [1.54, 1.807) is 0 Å². The van der Waals surface area contributed by atoms with Crippen molar-refractivity contribution in [3.63, 3.8) is 0 Å². The highest BCUT2D eigenvalue weighted by Crippen LogP contribution is 2.47. The second-order valence-electron chi connectivity index (χ2n) is 25.2. The highest BCUT2D eigenvalue weighted by atomic mass is 16.5. The van der Waals surface area contributed by atoms with E-state index in [0.29, 0.717) is 6.67 Å². The Balaban J connectivity index is 1.22. The molecule has 2 aromatic heterocycles. The Bertz CT molecular complexity index is 3260. The third kappa shape index (κ3) is 9.53. The second-order valence-corrected chi connectivity index (χ2v) is 25.2. The summed E-state index contributed by atoms with van der Waals surface area (Å²) < 4.78 is 9.71. The number of hydrogen-bond acceptors (Lipinski definition) is 4. The Morgan fingerprint density at radius 2 is 0.972 bits per heavy atom. The SMILES string of the molecule is CC(C)(C)C1=CN(c2cc(C(C)(C)C)cc(C(C)(C)C)c2)CN1c1cc(Oc2cc(C(C)(C)c3ccccc3)c3c4ccccc4n(-c4cc(C(C)(C)c5ccccc5)ccn4)c3c2)cc(C(C)(C)C)c1. The van der Waals surface area contributed by atoms with Crippen LogP contribution in [0.2, 0.25) is 0 Å². The first kappa shape index (κ1) is 49.4. The summed E-state index contributed by atoms with van der Waals surface area (Å²) in [6, 6.07) is 53.5. The van der Waals surface area contributed by atoms with Crippen molar-refractivity contribution in [2.45, 2.75) is 138 Å². The number of hydrogen-bond donors (Lipinski definition) is 0. The van der Waals surface area contributed by atoms with Gasteiger partial charge in [-0.05, 0) is 104 Å². The van der Waals surface area contributed by atoms with Gasteiger partial charge in [0.1, 0.15) is 17.3 Å². The predicted octanol–water partition coefficient (Wildman–Crippen LogP) is 17.7. The van der Waals surface area contributed by atoms with Crippen molar-refractivity contribution in [2.75, 3.05) is 16.5 Å². The lowest BCUT2D eigenvalue weighted by Crippen LogP contribution is -2.31. The molecule has 0 bridgehead atoms. The summed E-state index contributed by atoms with van der Waals surface area (Å²) in [7, 11) is 0. The van der Waals surface area contributed by atoms with Gasteiger partial charge in [-0.25, -0.2) is 4.98 Å². The van der Waals surface area contributed by atoms with Crippen LogP contribution in [0, 0.1) is 5.41 Å². The maximum Gasteiger partial charge on any atom is 0.137 e. The van der Waals surface area contributed by atoms with Crippen LogP contribution in [0.5, 0.6) is 11.5 Å². The fraction of sp³-hybridized carbons (Fsp3) is 0.348. The van der Waals surface area contributed by atoms with Gasteiger partial charge in [0, 0.05) is 68.6 Å². The molecule has 1 aliphatic rings. The number of rotatable bonds is 9. The molecule has 71 heavy (non-hydrogen) atoms. The molecule has 3 heterocycles. The Kier molecular flexibility index (Phi) is 12.3. The quantitative estimate of drug-likeness (QED) is 0.144. The van der Waals surface area contributed by atoms with Crippen molar-refractivity contribution in [1.82, 2.24) is 9.55 Å². The van der Waals surface area contributed by atoms with Gasteiger partial charge in [0.2, 0.25) is 0 Å². The first-order valence-corrected chi connectivity index (χ1v) is 25.6. The van der Waals surface area contributed by atoms with Crippen LogP contribution in [0.3, 0.4) is 0 Å². The summed E-state index contributed by atoms with van der Waals surface area (Å²) in [5.74, 6) is 2.46. The summed E-state index contributed by atoms with van der Waals surface area (Å²) in [4.78, 5) is 10.1. The minimum absolute atomic E-state index is 0.00661. The highest BCUT2D eigenvalue weighted by molar-refractivity contribution is 6.11. The minimum Gasteiger partial charge on any atom is -0.457 e. The van der Waals surface area contributed by atoms with Crippen LogP contribution >= 0.6 is 0 Å². The van der Waals surface area contributed by atoms with Gasteiger partial charge in [0.05, 0.1) is 17.7 Å². The molecule has 0 atom stereocenters. The molecule has 0 fully saturated rings. The Morgan fingerprint density at radius 3 is 1.56 bits per heavy atom. The molecule has 0 saturated heterocycles. The summed E-state index contributed by atoms with van der Waals surface area (Å²) >= 11 is 0. The summed E-state index contributed by atoms with van der Waals surface area (Å²) in [6.45, 7) is 37.7. The first-order chi connectivity index (χ1) is 33.2. The highest BCUT2D eigenvalue weighted by Gasteiger charge is 2.35. The molecule has 0 saturated carbocycles. The molecule has 1 aliphatic heterocycles. The molecular weight excluding hydrogens is 865 g/mol. The normalized spacial score (nSPS) is 14.2. The van der Waals surface area contributed by atoms with Crippen LogP contribution in [-0.4, -0.2) is 16.2 Å². The lowest BCUT2D eigenvalue weighted by atomic mass is 9.76. The van der Waals surface area contributed by atoms with E-state index in [1.807, 2.05) is 6.20 Å². The fourth-order valence-corrected chi connectivity index (χ4v) is 10.3. The zero-order valence-electron chi connectivity index (χ0n) is 45.4. The molecule has 0 amide bonds. The molecule has 6 aromatic carbocycles. The van der Waals surface area contributed by atoms with E-state index < -0.39 is 0 Å². The average molecular weight is 941 g/mol. The van der Waals surface area contributed by atoms with Crippen molar-refractivity contribution in [3.05, 3.63) is 203 Å². The Labute approximate surface area is 425 Å². The largest absolute Gasteiger partial charge is 0.457 e. The predicted molar refractivity (Wildman–Crippen MR) is 302 cm³/mol. The molecule has 5 heteroatoms. The maximum atomic E-state index is 7.36. The third-order valence-electron chi connectivity index (χ3n) is 15.0. The van der Waals surface area contributed by atoms with E-state index in [2.05, 4.69) is 277 Å². The van der Waals surface area contributed by atoms with Gasteiger partial charge in [0.25, 0.3) is 0 Å². The van der Waals surface area contributed by atoms with Crippen molar-refractivity contribution in [1.29, 1.82) is 0 Å². The number of para-hydroxylation sites is 1. The van der Waals surface area contributed by atoms with Crippen LogP contribution in [0.4, 0.5) is 11.4 Å². The van der Waals surface area contributed by atoms with E-state index in [4.69, 9.17) is 9.72 Å². The van der Waals surface area contributed by atoms with Crippen molar-refractivity contribution in [3.8, 4) is 17.3 Å². The number of benzene rings is 6. The van der Waals surface area contributed by atoms with E-state index in [0.717, 1.165) is 34.0 Å². The van der Waals surface area contributed by atoms with Gasteiger partial charge in [-0.15, -0.1) is 0 Å². The number of allylic oxidation sites excluding steroid dienone is 1. The Hall–Kier alpha value is -6.59. The van der Waals surface area contributed by atoms with Crippen molar-refractivity contribution < 1.29 is 4.74 Å². The maximum absolute atomic E-state index is 7.36. The second kappa shape index (κ2) is 17.6. The lowest BCUT2D eigenvalue weighted by Gasteiger charge is -2.33. The average Bonchev–Trinajstić information content (AvgIpc) is 3.92. The minimum atomic E-state index is -0.389. The molecule has 0 aliphatic carbocycles. The van der Waals surface area contributed by atoms with E-state index in [9.17, 15) is 0 Å². The molecular formula is C66H76N4O. The standard InChI is InChI=1S/C66H76N4O/c1-61(2,3)47-33-48(62(4,5)6)35-50(34-47)68-42-58(64(10,11)12)69(43-68)51-36-49(63(7,8)9)37-52(39-51)71-53-40-55(66(15,16)45-27-21-18-22-28-45)60-54-29-23-24-30-56(54)70(57(60)41-53)59-38-46(31-32-67-59)65(13,14)44-25-19-17-20-26-44/h17-42H,43H2,1-16H3. The smallest absolute Gasteiger partial charge is 0.137 e. The van der Waals surface area contributed by atoms with Crippen molar-refractivity contribution in [2.24, 2.45) is 5.41 Å². The van der Waals surface area contributed by atoms with Gasteiger partial charge in [-0.1, -0.05) is 196 Å². The first-order valence-electron chi connectivity index (χ1n) is 25.6. The number of aromatic nitrogens is 2. The summed E-state index contributed by atoms with van der Waals surface area (Å²) in [6.07, 6.45) is 4.35. The van der Waals surface area contributed by atoms with Crippen LogP contribution in [0.15, 0.2) is 164 Å². The summed E-state index contributed by atoms with van der Waals surface area (Å²) in [5, 5.41) is 2.38. The van der Waals surface area contributed by atoms with Crippen LogP contribution in [0.25, 0.3) is 27.6 Å². The molecule has 8 aromatic rings. The van der Waals surface area contributed by atoms with Gasteiger partial charge >= 0.3 is 0 Å². The van der Waals surface area contributed by atoms with Crippen LogP contribution in [0.1, 0.15) is 150 Å². The van der Waals surface area contributed by atoms with E-state index in [-0.39, 0.29) is 32.5 Å². The number of anilines is 2. The van der Waals surface area contributed by atoms with E-state index in [1.165, 1.54) is 61.1 Å². The monoisotopic (exact) mass is 941 g/mol. The molecule has 5 nitrogen and oxygen atoms in total. The summed E-state index contributed by atoms with van der Waals surface area (Å²) in [5.41, 5.74) is 13.6. The number of fused-ring (bicyclic) bond motifs is 3. The van der Waals surface area contributed by atoms with Crippen LogP contribution in [-0.2, 0) is 27.1 Å². The van der Waals surface area contributed by atoms with Gasteiger partial charge in [-0.2, -0.15) is 0 Å². The number of ether oxygens (including phenoxy) is 1. The van der Waals surface area contributed by atoms with Gasteiger partial charge < -0.3 is 14.5 Å². The third-order valence-corrected chi connectivity index (χ3v) is 15.0. The molecule has 0 spiro atoms. The fourth-order valence-electron chi connectivity index (χ4n) is 10.3. The van der Waals surface area contributed by atoms with Gasteiger partial charge in [0.15, 0.2) is 0 Å². The molecule has 366 valence electrons. The van der Waals surface area contributed by atoms with E-state index >= 15 is 0 Å². The van der Waals surface area contributed by atoms with Crippen LogP contribution < -0.4 is 14.5 Å². The number of nitrogens with zero attached hydrogens (tertiary/aromatic N) is 4. The lowest BCUT2D eigenvalue weighted by molar-refractivity contribution is 0.475. The molecule has 0 N–H and O–H groups in total. The number of pyridine rings is 1. The zero-order valence-corrected chi connectivity index (χ0v) is 45.4. The molecule has 0 unspecified atom stereocenters. The van der Waals surface area contributed by atoms with Crippen molar-refractivity contribution >= 4 is 33.2 Å². The zero-order chi connectivity index (χ0) is 51.1. The molecule has 0 radical (unpaired) electrons. The molecule has 9 rings (SSSR count). The Morgan fingerprint density at radius 1 is 0.437 bits per heavy atom.